The predicted octanol–water partition coefficient (Wildman–Crippen LogP) is 1.66. The van der Waals surface area contributed by atoms with Crippen molar-refractivity contribution in [3.05, 3.63) is 30.7 Å². The molecule has 0 aromatic carbocycles. The minimum atomic E-state index is -0.485. The maximum Gasteiger partial charge on any atom is 0.358 e. The number of ether oxygens (including phenoxy) is 1. The molecule has 0 aliphatic carbocycles. The SMILES string of the molecule is C=CCN(c1cncc(C(=O)OC)n1)C(C)C. The molecule has 0 bridgehead atoms. The monoisotopic (exact) mass is 235 g/mol. The zero-order valence-electron chi connectivity index (χ0n) is 10.4. The van der Waals surface area contributed by atoms with E-state index in [4.69, 9.17) is 0 Å². The number of methoxy groups -OCH3 is 1. The van der Waals surface area contributed by atoms with E-state index in [1.165, 1.54) is 13.3 Å². The first-order valence-corrected chi connectivity index (χ1v) is 5.38. The van der Waals surface area contributed by atoms with Crippen LogP contribution in [0.5, 0.6) is 0 Å². The van der Waals surface area contributed by atoms with Crippen LogP contribution >= 0.6 is 0 Å². The largest absolute Gasteiger partial charge is 0.464 e. The van der Waals surface area contributed by atoms with Crippen molar-refractivity contribution in [2.45, 2.75) is 19.9 Å². The first-order valence-electron chi connectivity index (χ1n) is 5.38. The maximum atomic E-state index is 11.4. The Morgan fingerprint density at radius 3 is 2.82 bits per heavy atom. The Balaban J connectivity index is 3.03. The number of hydrogen-bond donors (Lipinski definition) is 0. The molecular weight excluding hydrogens is 218 g/mol. The third kappa shape index (κ3) is 3.27. The summed E-state index contributed by atoms with van der Waals surface area (Å²) in [6, 6.07) is 0.246. The fourth-order valence-corrected chi connectivity index (χ4v) is 1.40. The summed E-state index contributed by atoms with van der Waals surface area (Å²) in [7, 11) is 1.32. The standard InChI is InChI=1S/C12H17N3O2/c1-5-6-15(9(2)3)11-8-13-7-10(14-11)12(16)17-4/h5,7-9H,1,6H2,2-4H3. The number of aromatic nitrogens is 2. The minimum absolute atomic E-state index is 0.208. The van der Waals surface area contributed by atoms with Crippen molar-refractivity contribution in [2.75, 3.05) is 18.6 Å². The summed E-state index contributed by atoms with van der Waals surface area (Å²) >= 11 is 0. The normalized spacial score (nSPS) is 10.1. The molecule has 0 N–H and O–H groups in total. The van der Waals surface area contributed by atoms with Gasteiger partial charge in [-0.2, -0.15) is 0 Å². The van der Waals surface area contributed by atoms with Crippen LogP contribution in [-0.4, -0.2) is 35.6 Å². The van der Waals surface area contributed by atoms with Crippen LogP contribution in [0.25, 0.3) is 0 Å². The number of nitrogens with zero attached hydrogens (tertiary/aromatic N) is 3. The summed E-state index contributed by atoms with van der Waals surface area (Å²) in [5.41, 5.74) is 0.208. The number of hydrogen-bond acceptors (Lipinski definition) is 5. The molecule has 1 heterocycles. The van der Waals surface area contributed by atoms with Gasteiger partial charge in [-0.05, 0) is 13.8 Å². The fourth-order valence-electron chi connectivity index (χ4n) is 1.40. The summed E-state index contributed by atoms with van der Waals surface area (Å²) in [4.78, 5) is 21.6. The van der Waals surface area contributed by atoms with Gasteiger partial charge in [-0.3, -0.25) is 4.98 Å². The van der Waals surface area contributed by atoms with E-state index >= 15 is 0 Å². The first kappa shape index (κ1) is 13.2. The second-order valence-corrected chi connectivity index (χ2v) is 3.79. The number of carbonyl (C=O) groups excluding carboxylic acids is 1. The first-order chi connectivity index (χ1) is 8.10. The molecule has 0 aliphatic rings. The van der Waals surface area contributed by atoms with Gasteiger partial charge < -0.3 is 9.64 Å². The molecule has 17 heavy (non-hydrogen) atoms. The van der Waals surface area contributed by atoms with Crippen LogP contribution in [0.2, 0.25) is 0 Å². The molecule has 0 unspecified atom stereocenters. The molecule has 0 saturated carbocycles. The van der Waals surface area contributed by atoms with Crippen molar-refractivity contribution in [2.24, 2.45) is 0 Å². The highest BCUT2D eigenvalue weighted by Gasteiger charge is 2.14. The lowest BCUT2D eigenvalue weighted by molar-refractivity contribution is 0.0593. The number of rotatable bonds is 5. The lowest BCUT2D eigenvalue weighted by atomic mass is 10.3. The van der Waals surface area contributed by atoms with E-state index in [-0.39, 0.29) is 11.7 Å². The van der Waals surface area contributed by atoms with E-state index in [1.807, 2.05) is 18.7 Å². The highest BCUT2D eigenvalue weighted by Crippen LogP contribution is 2.13. The molecular formula is C12H17N3O2. The molecule has 92 valence electrons. The molecule has 0 spiro atoms. The van der Waals surface area contributed by atoms with Crippen LogP contribution in [0, 0.1) is 0 Å². The molecule has 0 atom stereocenters. The van der Waals surface area contributed by atoms with Crippen molar-refractivity contribution in [3.8, 4) is 0 Å². The van der Waals surface area contributed by atoms with Crippen LogP contribution in [0.1, 0.15) is 24.3 Å². The average molecular weight is 235 g/mol. The summed E-state index contributed by atoms with van der Waals surface area (Å²) in [5.74, 6) is 0.157. The van der Waals surface area contributed by atoms with Crippen LogP contribution in [0.15, 0.2) is 25.0 Å². The van der Waals surface area contributed by atoms with E-state index in [0.29, 0.717) is 12.4 Å². The smallest absolute Gasteiger partial charge is 0.358 e. The van der Waals surface area contributed by atoms with Gasteiger partial charge in [-0.25, -0.2) is 9.78 Å². The molecule has 0 fully saturated rings. The van der Waals surface area contributed by atoms with E-state index < -0.39 is 5.97 Å². The fraction of sp³-hybridized carbons (Fsp3) is 0.417. The van der Waals surface area contributed by atoms with E-state index in [0.717, 1.165) is 0 Å². The maximum absolute atomic E-state index is 11.4. The third-order valence-corrected chi connectivity index (χ3v) is 2.26. The molecule has 0 aliphatic heterocycles. The van der Waals surface area contributed by atoms with Gasteiger partial charge in [0.2, 0.25) is 0 Å². The van der Waals surface area contributed by atoms with Gasteiger partial charge in [-0.15, -0.1) is 6.58 Å². The molecule has 0 saturated heterocycles. The number of carbonyl (C=O) groups is 1. The van der Waals surface area contributed by atoms with Gasteiger partial charge in [0.1, 0.15) is 5.82 Å². The molecule has 1 rings (SSSR count). The summed E-state index contributed by atoms with van der Waals surface area (Å²) in [5, 5.41) is 0. The lowest BCUT2D eigenvalue weighted by Gasteiger charge is -2.26. The van der Waals surface area contributed by atoms with Gasteiger partial charge in [0.05, 0.1) is 19.5 Å². The van der Waals surface area contributed by atoms with Crippen LogP contribution in [-0.2, 0) is 4.74 Å². The third-order valence-electron chi connectivity index (χ3n) is 2.26. The molecule has 1 aromatic rings. The molecule has 1 aromatic heterocycles. The van der Waals surface area contributed by atoms with Gasteiger partial charge in [0.25, 0.3) is 0 Å². The highest BCUT2D eigenvalue weighted by molar-refractivity contribution is 5.87. The topological polar surface area (TPSA) is 55.3 Å². The van der Waals surface area contributed by atoms with Crippen LogP contribution in [0.4, 0.5) is 5.82 Å². The van der Waals surface area contributed by atoms with Crippen molar-refractivity contribution in [3.63, 3.8) is 0 Å². The Morgan fingerprint density at radius 1 is 1.59 bits per heavy atom. The van der Waals surface area contributed by atoms with Crippen LogP contribution < -0.4 is 4.90 Å². The van der Waals surface area contributed by atoms with Gasteiger partial charge in [-0.1, -0.05) is 6.08 Å². The summed E-state index contributed by atoms with van der Waals surface area (Å²) in [6.45, 7) is 8.43. The average Bonchev–Trinajstić information content (AvgIpc) is 2.34. The molecule has 0 amide bonds. The molecule has 5 heteroatoms. The van der Waals surface area contributed by atoms with Crippen LogP contribution in [0.3, 0.4) is 0 Å². The lowest BCUT2D eigenvalue weighted by Crippen LogP contribution is -2.32. The Bertz CT molecular complexity index is 404. The second-order valence-electron chi connectivity index (χ2n) is 3.79. The van der Waals surface area contributed by atoms with E-state index in [9.17, 15) is 4.79 Å². The van der Waals surface area contributed by atoms with E-state index in [1.54, 1.807) is 12.3 Å². The molecule has 5 nitrogen and oxygen atoms in total. The number of esters is 1. The zero-order chi connectivity index (χ0) is 12.8. The Hall–Kier alpha value is -1.91. The van der Waals surface area contributed by atoms with Gasteiger partial charge >= 0.3 is 5.97 Å². The predicted molar refractivity (Wildman–Crippen MR) is 66.1 cm³/mol. The Morgan fingerprint density at radius 2 is 2.29 bits per heavy atom. The molecule has 0 radical (unpaired) electrons. The zero-order valence-corrected chi connectivity index (χ0v) is 10.4. The van der Waals surface area contributed by atoms with Crippen molar-refractivity contribution < 1.29 is 9.53 Å². The second kappa shape index (κ2) is 5.98. The number of anilines is 1. The van der Waals surface area contributed by atoms with Crippen molar-refractivity contribution >= 4 is 11.8 Å². The Labute approximate surface area is 101 Å². The van der Waals surface area contributed by atoms with Gasteiger partial charge in [0.15, 0.2) is 5.69 Å². The summed E-state index contributed by atoms with van der Waals surface area (Å²) < 4.78 is 4.61. The quantitative estimate of drug-likeness (QED) is 0.574. The van der Waals surface area contributed by atoms with Gasteiger partial charge in [0, 0.05) is 12.6 Å². The Kier molecular flexibility index (Phi) is 4.63. The van der Waals surface area contributed by atoms with E-state index in [2.05, 4.69) is 21.3 Å². The van der Waals surface area contributed by atoms with Crippen molar-refractivity contribution in [1.29, 1.82) is 0 Å². The highest BCUT2D eigenvalue weighted by atomic mass is 16.5. The summed E-state index contributed by atoms with van der Waals surface area (Å²) in [6.07, 6.45) is 4.80. The van der Waals surface area contributed by atoms with Crippen molar-refractivity contribution in [1.82, 2.24) is 9.97 Å². The minimum Gasteiger partial charge on any atom is -0.464 e.